The van der Waals surface area contributed by atoms with Crippen LogP contribution in [-0.4, -0.2) is 19.8 Å². The number of fused-ring (bicyclic) bond motifs is 2. The maximum atomic E-state index is 8.70. The topological polar surface area (TPSA) is 83.3 Å². The fourth-order valence-corrected chi connectivity index (χ4v) is 2.03. The summed E-state index contributed by atoms with van der Waals surface area (Å²) in [6.45, 7) is 0. The first-order chi connectivity index (χ1) is 11.7. The molecule has 0 radical (unpaired) electrons. The molecule has 4 aromatic rings. The van der Waals surface area contributed by atoms with Crippen molar-refractivity contribution in [3.05, 3.63) is 85.2 Å². The first-order valence-electron chi connectivity index (χ1n) is 7.11. The number of aromatic nitrogens is 2. The molecular weight excluding hydrogens is 323 g/mol. The molecule has 0 saturated carbocycles. The van der Waals surface area contributed by atoms with E-state index in [0.29, 0.717) is 0 Å². The molecule has 120 valence electrons. The van der Waals surface area contributed by atoms with Gasteiger partial charge in [0.2, 0.25) is 0 Å². The number of pyridine rings is 2. The average Bonchev–Trinajstić information content (AvgIpc) is 2.62. The molecule has 2 aromatic heterocycles. The lowest BCUT2D eigenvalue weighted by atomic mass is 10.2. The molecule has 0 atom stereocenters. The van der Waals surface area contributed by atoms with Gasteiger partial charge in [-0.1, -0.05) is 48.5 Å². The lowest BCUT2D eigenvalue weighted by molar-refractivity contribution is 0.405. The van der Waals surface area contributed by atoms with E-state index in [1.54, 1.807) is 0 Å². The zero-order valence-corrected chi connectivity index (χ0v) is 13.6. The summed E-state index contributed by atoms with van der Waals surface area (Å²) in [7, 11) is -2.87. The number of hydrogen-bond acceptors (Lipinski definition) is 3. The monoisotopic (exact) mass is 339 g/mol. The third-order valence-electron chi connectivity index (χ3n) is 3.02. The van der Waals surface area contributed by atoms with Crippen LogP contribution < -0.4 is 0 Å². The number of benzene rings is 2. The minimum absolute atomic E-state index is 1.06. The largest absolute Gasteiger partial charge is 0.692 e. The highest BCUT2D eigenvalue weighted by molar-refractivity contribution is 7.30. The van der Waals surface area contributed by atoms with E-state index >= 15 is 0 Å². The van der Waals surface area contributed by atoms with Crippen LogP contribution in [0.4, 0.5) is 0 Å². The third kappa shape index (κ3) is 5.82. The molecule has 0 bridgehead atoms. The quantitative estimate of drug-likeness (QED) is 0.471. The highest BCUT2D eigenvalue weighted by atomic mass is 31.1. The number of para-hydroxylation sites is 2. The Hall–Kier alpha value is -2.72. The van der Waals surface area contributed by atoms with E-state index in [0.717, 1.165) is 11.0 Å². The second-order valence-corrected chi connectivity index (χ2v) is 5.15. The Morgan fingerprint density at radius 2 is 0.958 bits per heavy atom. The van der Waals surface area contributed by atoms with Crippen molar-refractivity contribution in [3.8, 4) is 0 Å². The highest BCUT2D eigenvalue weighted by Crippen LogP contribution is 2.08. The fourth-order valence-electron chi connectivity index (χ4n) is 2.03. The maximum absolute atomic E-state index is 8.70. The predicted octanol–water partition coefficient (Wildman–Crippen LogP) is 4.10. The Morgan fingerprint density at radius 3 is 1.33 bits per heavy atom. The van der Waals surface area contributed by atoms with Gasteiger partial charge in [0.05, 0.1) is 11.0 Å². The summed E-state index contributed by atoms with van der Waals surface area (Å²) in [4.78, 5) is 22.6. The van der Waals surface area contributed by atoms with E-state index in [9.17, 15) is 0 Å². The summed E-state index contributed by atoms with van der Waals surface area (Å²) >= 11 is 0. The minimum atomic E-state index is -2.87. The Balaban J connectivity index is 0.000000143. The minimum Gasteiger partial charge on any atom is -0.256 e. The van der Waals surface area contributed by atoms with Crippen molar-refractivity contribution in [2.45, 2.75) is 0 Å². The van der Waals surface area contributed by atoms with Gasteiger partial charge in [0.15, 0.2) is 0 Å². The van der Waals surface area contributed by atoms with Crippen molar-refractivity contribution in [1.82, 2.24) is 9.97 Å². The fraction of sp³-hybridized carbons (Fsp3) is 0. The Bertz CT molecular complexity index is 725. The molecule has 24 heavy (non-hydrogen) atoms. The van der Waals surface area contributed by atoms with Crippen molar-refractivity contribution in [1.29, 1.82) is 0 Å². The van der Waals surface area contributed by atoms with E-state index in [1.165, 1.54) is 10.8 Å². The van der Waals surface area contributed by atoms with Crippen molar-refractivity contribution in [3.63, 3.8) is 0 Å². The van der Waals surface area contributed by atoms with Crippen LogP contribution in [0.3, 0.4) is 0 Å². The lowest BCUT2D eigenvalue weighted by Gasteiger charge is -1.91. The molecule has 0 unspecified atom stereocenters. The van der Waals surface area contributed by atoms with Crippen molar-refractivity contribution < 1.29 is 14.4 Å². The molecule has 5 nitrogen and oxygen atoms in total. The highest BCUT2D eigenvalue weighted by Gasteiger charge is 1.93. The van der Waals surface area contributed by atoms with Crippen LogP contribution in [0, 0.1) is 0 Å². The van der Waals surface area contributed by atoms with Gasteiger partial charge in [-0.15, -0.1) is 9.79 Å². The standard InChI is InChI=1S/2C9H7N.HO3P/c2*1-2-6-9-8(4-1)5-3-7-10-9;1-4(2)3/h2*1-7H;(H-,1,2,3)/p+1. The zero-order valence-electron chi connectivity index (χ0n) is 12.7. The second kappa shape index (κ2) is 9.43. The van der Waals surface area contributed by atoms with Gasteiger partial charge in [0.25, 0.3) is 0 Å². The van der Waals surface area contributed by atoms with Crippen molar-refractivity contribution in [2.24, 2.45) is 0 Å². The van der Waals surface area contributed by atoms with Crippen LogP contribution in [-0.2, 0) is 4.57 Å². The first-order valence-corrected chi connectivity index (χ1v) is 8.28. The number of hydrogen-bond donors (Lipinski definition) is 2. The van der Waals surface area contributed by atoms with Crippen LogP contribution in [0.15, 0.2) is 85.2 Å². The molecule has 0 aliphatic carbocycles. The molecule has 2 N–H and O–H groups in total. The average molecular weight is 339 g/mol. The SMILES string of the molecule is O=[P+](O)O.c1ccc2ncccc2c1.c1ccc2ncccc2c1. The molecule has 0 saturated heterocycles. The normalized spacial score (nSPS) is 9.42. The molecule has 0 amide bonds. The zero-order chi connectivity index (χ0) is 17.2. The molecule has 6 heteroatoms. The van der Waals surface area contributed by atoms with E-state index < -0.39 is 8.25 Å². The van der Waals surface area contributed by atoms with Crippen LogP contribution >= 0.6 is 8.25 Å². The third-order valence-corrected chi connectivity index (χ3v) is 3.02. The summed E-state index contributed by atoms with van der Waals surface area (Å²) in [5.74, 6) is 0. The van der Waals surface area contributed by atoms with E-state index in [-0.39, 0.29) is 0 Å². The molecule has 2 aromatic carbocycles. The number of nitrogens with zero attached hydrogens (tertiary/aromatic N) is 2. The Labute approximate surface area is 140 Å². The first kappa shape index (κ1) is 17.6. The summed E-state index contributed by atoms with van der Waals surface area (Å²) in [6.07, 6.45) is 3.62. The van der Waals surface area contributed by atoms with Crippen molar-refractivity contribution >= 4 is 30.1 Å². The Kier molecular flexibility index (Phi) is 6.92. The molecule has 0 aliphatic heterocycles. The molecular formula is C18H16N2O3P+. The van der Waals surface area contributed by atoms with Gasteiger partial charge in [0.1, 0.15) is 0 Å². The van der Waals surface area contributed by atoms with Gasteiger partial charge < -0.3 is 0 Å². The smallest absolute Gasteiger partial charge is 0.256 e. The van der Waals surface area contributed by atoms with Crippen LogP contribution in [0.1, 0.15) is 0 Å². The van der Waals surface area contributed by atoms with Gasteiger partial charge in [-0.05, 0) is 24.3 Å². The number of rotatable bonds is 0. The molecule has 0 fully saturated rings. The van der Waals surface area contributed by atoms with Gasteiger partial charge >= 0.3 is 8.25 Å². The summed E-state index contributed by atoms with van der Waals surface area (Å²) in [5.41, 5.74) is 2.12. The van der Waals surface area contributed by atoms with E-state index in [1.807, 2.05) is 60.9 Å². The van der Waals surface area contributed by atoms with Crippen LogP contribution in [0.2, 0.25) is 0 Å². The van der Waals surface area contributed by atoms with E-state index in [2.05, 4.69) is 34.2 Å². The maximum Gasteiger partial charge on any atom is 0.692 e. The summed E-state index contributed by atoms with van der Waals surface area (Å²) in [6, 6.07) is 24.2. The lowest BCUT2D eigenvalue weighted by Crippen LogP contribution is -1.73. The van der Waals surface area contributed by atoms with Crippen LogP contribution in [0.25, 0.3) is 21.8 Å². The predicted molar refractivity (Wildman–Crippen MR) is 95.5 cm³/mol. The van der Waals surface area contributed by atoms with Gasteiger partial charge in [0, 0.05) is 27.7 Å². The molecule has 2 heterocycles. The molecule has 4 rings (SSSR count). The summed E-state index contributed by atoms with van der Waals surface area (Å²) in [5, 5.41) is 2.40. The Morgan fingerprint density at radius 1 is 0.625 bits per heavy atom. The summed E-state index contributed by atoms with van der Waals surface area (Å²) < 4.78 is 8.70. The molecule has 0 aliphatic rings. The van der Waals surface area contributed by atoms with Gasteiger partial charge in [-0.25, -0.2) is 0 Å². The van der Waals surface area contributed by atoms with E-state index in [4.69, 9.17) is 14.4 Å². The van der Waals surface area contributed by atoms with Gasteiger partial charge in [-0.2, -0.15) is 0 Å². The van der Waals surface area contributed by atoms with Crippen LogP contribution in [0.5, 0.6) is 0 Å². The molecule has 0 spiro atoms. The second-order valence-electron chi connectivity index (χ2n) is 4.64. The van der Waals surface area contributed by atoms with Crippen molar-refractivity contribution in [2.75, 3.05) is 0 Å². The van der Waals surface area contributed by atoms with Gasteiger partial charge in [-0.3, -0.25) is 9.97 Å².